The molecule has 1 amide bonds. The molecule has 1 fully saturated rings. The van der Waals surface area contributed by atoms with Gasteiger partial charge in [-0.15, -0.1) is 0 Å². The number of hydrogen-bond acceptors (Lipinski definition) is 5. The summed E-state index contributed by atoms with van der Waals surface area (Å²) in [6, 6.07) is 11.1. The summed E-state index contributed by atoms with van der Waals surface area (Å²) >= 11 is 0. The molecule has 0 atom stereocenters. The molecule has 5 rings (SSSR count). The van der Waals surface area contributed by atoms with Crippen molar-refractivity contribution in [1.82, 2.24) is 24.0 Å². The second kappa shape index (κ2) is 9.54. The van der Waals surface area contributed by atoms with E-state index in [2.05, 4.69) is 10.1 Å². The molecule has 1 aliphatic carbocycles. The highest BCUT2D eigenvalue weighted by Gasteiger charge is 2.33. The van der Waals surface area contributed by atoms with Crippen molar-refractivity contribution in [3.8, 4) is 5.82 Å². The average molecular weight is 494 g/mol. The monoisotopic (exact) mass is 493 g/mol. The van der Waals surface area contributed by atoms with E-state index in [-0.39, 0.29) is 24.9 Å². The highest BCUT2D eigenvalue weighted by Crippen LogP contribution is 2.27. The molecular weight excluding hydrogens is 462 g/mol. The number of carbonyl (C=O) groups excluding carboxylic acids is 1. The van der Waals surface area contributed by atoms with Crippen molar-refractivity contribution in [2.75, 3.05) is 26.2 Å². The van der Waals surface area contributed by atoms with Crippen LogP contribution in [0.5, 0.6) is 0 Å². The van der Waals surface area contributed by atoms with Crippen LogP contribution in [0.2, 0.25) is 0 Å². The summed E-state index contributed by atoms with van der Waals surface area (Å²) in [6.45, 7) is 5.28. The Labute approximate surface area is 206 Å². The third-order valence-electron chi connectivity index (χ3n) is 6.93. The molecule has 0 saturated carbocycles. The molecule has 1 saturated heterocycles. The van der Waals surface area contributed by atoms with Crippen LogP contribution in [0.15, 0.2) is 53.7 Å². The first-order valence-corrected chi connectivity index (χ1v) is 13.7. The molecule has 0 bridgehead atoms. The standard InChI is InChI=1S/C26H31N5O3S/c1-19(2)25-23(18-28-31(25)24-9-5-6-12-27-24)26(32)29-13-15-30(16-14-29)35(33,34)22-11-10-20-7-3-4-8-21(20)17-22/h5-6,9-12,17-19H,3-4,7-8,13-16H2,1-2H3. The number of fused-ring (bicyclic) bond motifs is 1. The Balaban J connectivity index is 1.32. The van der Waals surface area contributed by atoms with Gasteiger partial charge in [0.25, 0.3) is 5.91 Å². The lowest BCUT2D eigenvalue weighted by Gasteiger charge is -2.34. The number of benzene rings is 1. The van der Waals surface area contributed by atoms with Gasteiger partial charge >= 0.3 is 0 Å². The van der Waals surface area contributed by atoms with Crippen molar-refractivity contribution in [2.45, 2.75) is 50.3 Å². The van der Waals surface area contributed by atoms with Crippen LogP contribution in [-0.4, -0.2) is 64.5 Å². The minimum absolute atomic E-state index is 0.0594. The SMILES string of the molecule is CC(C)c1c(C(=O)N2CCN(S(=O)(=O)c3ccc4c(c3)CCCC4)CC2)cnn1-c1ccccn1. The van der Waals surface area contributed by atoms with E-state index in [1.165, 1.54) is 9.87 Å². The Morgan fingerprint density at radius 3 is 2.40 bits per heavy atom. The van der Waals surface area contributed by atoms with E-state index in [9.17, 15) is 13.2 Å². The van der Waals surface area contributed by atoms with E-state index in [4.69, 9.17) is 0 Å². The lowest BCUT2D eigenvalue weighted by atomic mass is 9.92. The predicted octanol–water partition coefficient (Wildman–Crippen LogP) is 3.42. The Morgan fingerprint density at radius 2 is 1.71 bits per heavy atom. The molecule has 1 aromatic carbocycles. The number of rotatable bonds is 5. The molecule has 2 aliphatic rings. The van der Waals surface area contributed by atoms with E-state index < -0.39 is 10.0 Å². The number of hydrogen-bond donors (Lipinski definition) is 0. The number of amides is 1. The Bertz CT molecular complexity index is 1330. The lowest BCUT2D eigenvalue weighted by Crippen LogP contribution is -2.50. The molecular formula is C26H31N5O3S. The first-order valence-electron chi connectivity index (χ1n) is 12.3. The van der Waals surface area contributed by atoms with Gasteiger partial charge in [-0.05, 0) is 67.0 Å². The summed E-state index contributed by atoms with van der Waals surface area (Å²) in [5, 5.41) is 4.45. The molecule has 9 heteroatoms. The summed E-state index contributed by atoms with van der Waals surface area (Å²) in [5.41, 5.74) is 3.75. The van der Waals surface area contributed by atoms with Gasteiger partial charge < -0.3 is 4.90 Å². The third kappa shape index (κ3) is 4.50. The molecule has 0 N–H and O–H groups in total. The van der Waals surface area contributed by atoms with Crippen LogP contribution in [0.3, 0.4) is 0 Å². The lowest BCUT2D eigenvalue weighted by molar-refractivity contribution is 0.0696. The number of piperazine rings is 1. The van der Waals surface area contributed by atoms with Gasteiger partial charge in [0, 0.05) is 32.4 Å². The van der Waals surface area contributed by atoms with Crippen molar-refractivity contribution >= 4 is 15.9 Å². The van der Waals surface area contributed by atoms with Crippen molar-refractivity contribution in [3.05, 3.63) is 71.2 Å². The smallest absolute Gasteiger partial charge is 0.257 e. The fourth-order valence-corrected chi connectivity index (χ4v) is 6.53. The van der Waals surface area contributed by atoms with Gasteiger partial charge in [-0.2, -0.15) is 9.40 Å². The highest BCUT2D eigenvalue weighted by atomic mass is 32.2. The Kier molecular flexibility index (Phi) is 6.46. The summed E-state index contributed by atoms with van der Waals surface area (Å²) in [7, 11) is -3.59. The summed E-state index contributed by atoms with van der Waals surface area (Å²) < 4.78 is 29.9. The molecule has 1 aliphatic heterocycles. The Morgan fingerprint density at radius 1 is 0.971 bits per heavy atom. The number of aromatic nitrogens is 3. The minimum atomic E-state index is -3.59. The van der Waals surface area contributed by atoms with Crippen molar-refractivity contribution in [2.24, 2.45) is 0 Å². The van der Waals surface area contributed by atoms with Crippen LogP contribution in [0.1, 0.15) is 59.8 Å². The van der Waals surface area contributed by atoms with Crippen LogP contribution in [0, 0.1) is 0 Å². The zero-order valence-corrected chi connectivity index (χ0v) is 21.0. The number of sulfonamides is 1. The molecule has 0 spiro atoms. The van der Waals surface area contributed by atoms with Gasteiger partial charge in [-0.1, -0.05) is 26.0 Å². The van der Waals surface area contributed by atoms with Crippen LogP contribution < -0.4 is 0 Å². The number of pyridine rings is 1. The minimum Gasteiger partial charge on any atom is -0.336 e. The molecule has 0 radical (unpaired) electrons. The number of carbonyl (C=O) groups is 1. The maximum atomic E-state index is 13.4. The van der Waals surface area contributed by atoms with Gasteiger partial charge in [0.15, 0.2) is 5.82 Å². The van der Waals surface area contributed by atoms with E-state index in [0.717, 1.165) is 36.9 Å². The van der Waals surface area contributed by atoms with E-state index in [1.807, 2.05) is 44.2 Å². The van der Waals surface area contributed by atoms with Crippen molar-refractivity contribution < 1.29 is 13.2 Å². The van der Waals surface area contributed by atoms with E-state index >= 15 is 0 Å². The van der Waals surface area contributed by atoms with Crippen LogP contribution in [-0.2, 0) is 22.9 Å². The molecule has 3 aromatic rings. The molecule has 8 nitrogen and oxygen atoms in total. The quantitative estimate of drug-likeness (QED) is 0.544. The van der Waals surface area contributed by atoms with E-state index in [0.29, 0.717) is 29.4 Å². The van der Waals surface area contributed by atoms with Crippen LogP contribution in [0.25, 0.3) is 5.82 Å². The fourth-order valence-electron chi connectivity index (χ4n) is 5.06. The second-order valence-electron chi connectivity index (χ2n) is 9.53. The van der Waals surface area contributed by atoms with Gasteiger partial charge in [0.05, 0.1) is 22.3 Å². The summed E-state index contributed by atoms with van der Waals surface area (Å²) in [5.74, 6) is 0.599. The molecule has 0 unspecified atom stereocenters. The Hall–Kier alpha value is -3.04. The normalized spacial score (nSPS) is 16.9. The first kappa shape index (κ1) is 23.7. The van der Waals surface area contributed by atoms with Gasteiger partial charge in [0.1, 0.15) is 0 Å². The molecule has 35 heavy (non-hydrogen) atoms. The number of aryl methyl sites for hydroxylation is 2. The zero-order chi connectivity index (χ0) is 24.6. The van der Waals surface area contributed by atoms with Crippen LogP contribution in [0.4, 0.5) is 0 Å². The zero-order valence-electron chi connectivity index (χ0n) is 20.2. The molecule has 2 aromatic heterocycles. The average Bonchev–Trinajstić information content (AvgIpc) is 3.34. The maximum absolute atomic E-state index is 13.4. The highest BCUT2D eigenvalue weighted by molar-refractivity contribution is 7.89. The first-order chi connectivity index (χ1) is 16.9. The summed E-state index contributed by atoms with van der Waals surface area (Å²) in [6.07, 6.45) is 7.52. The second-order valence-corrected chi connectivity index (χ2v) is 11.5. The predicted molar refractivity (Wildman–Crippen MR) is 133 cm³/mol. The fraction of sp³-hybridized carbons (Fsp3) is 0.423. The largest absolute Gasteiger partial charge is 0.336 e. The number of nitrogens with zero attached hydrogens (tertiary/aromatic N) is 5. The van der Waals surface area contributed by atoms with Gasteiger partial charge in [-0.3, -0.25) is 4.79 Å². The maximum Gasteiger partial charge on any atom is 0.257 e. The third-order valence-corrected chi connectivity index (χ3v) is 8.83. The van der Waals surface area contributed by atoms with Crippen molar-refractivity contribution in [3.63, 3.8) is 0 Å². The molecule has 184 valence electrons. The van der Waals surface area contributed by atoms with Gasteiger partial charge in [0.2, 0.25) is 10.0 Å². The van der Waals surface area contributed by atoms with Crippen LogP contribution >= 0.6 is 0 Å². The topological polar surface area (TPSA) is 88.4 Å². The summed E-state index contributed by atoms with van der Waals surface area (Å²) in [4.78, 5) is 19.9. The van der Waals surface area contributed by atoms with Gasteiger partial charge in [-0.25, -0.2) is 18.1 Å². The molecule has 3 heterocycles. The van der Waals surface area contributed by atoms with Crippen molar-refractivity contribution in [1.29, 1.82) is 0 Å². The van der Waals surface area contributed by atoms with E-state index in [1.54, 1.807) is 28.0 Å².